The smallest absolute Gasteiger partial charge is 0.161 e. The van der Waals surface area contributed by atoms with Crippen LogP contribution in [0.15, 0.2) is 17.1 Å². The maximum Gasteiger partial charge on any atom is 0.161 e. The molecule has 0 bridgehead atoms. The van der Waals surface area contributed by atoms with Crippen LogP contribution in [0, 0.1) is 13.8 Å². The van der Waals surface area contributed by atoms with E-state index in [1.165, 1.54) is 32.1 Å². The van der Waals surface area contributed by atoms with Gasteiger partial charge >= 0.3 is 0 Å². The van der Waals surface area contributed by atoms with Crippen molar-refractivity contribution in [1.82, 2.24) is 4.98 Å². The Balaban J connectivity index is 1.75. The average Bonchev–Trinajstić information content (AvgIpc) is 2.77. The van der Waals surface area contributed by atoms with Crippen molar-refractivity contribution in [1.29, 1.82) is 0 Å². The molecule has 4 heteroatoms. The fourth-order valence-corrected chi connectivity index (χ4v) is 4.15. The zero-order valence-corrected chi connectivity index (χ0v) is 12.5. The van der Waals surface area contributed by atoms with Crippen molar-refractivity contribution in [3.05, 3.63) is 23.5 Å². The SMILES string of the molecule is Cc1ccc(NC2=NC3(CCCCC3)CS2)c(C)n1. The minimum Gasteiger partial charge on any atom is -0.333 e. The fourth-order valence-electron chi connectivity index (χ4n) is 2.95. The van der Waals surface area contributed by atoms with E-state index in [0.717, 1.165) is 28.0 Å². The number of nitrogens with one attached hydrogen (secondary N) is 1. The van der Waals surface area contributed by atoms with Gasteiger partial charge in [0, 0.05) is 11.4 Å². The first kappa shape index (κ1) is 13.0. The predicted molar refractivity (Wildman–Crippen MR) is 83.0 cm³/mol. The Labute approximate surface area is 119 Å². The van der Waals surface area contributed by atoms with Crippen molar-refractivity contribution in [2.45, 2.75) is 51.5 Å². The third-order valence-electron chi connectivity index (χ3n) is 4.07. The standard InChI is InChI=1S/C15H21N3S/c1-11-6-7-13(12(2)16-11)17-14-18-15(10-19-14)8-4-3-5-9-15/h6-7H,3-5,8-10H2,1-2H3,(H,17,18). The van der Waals surface area contributed by atoms with Crippen molar-refractivity contribution in [2.75, 3.05) is 11.1 Å². The van der Waals surface area contributed by atoms with Crippen LogP contribution in [-0.2, 0) is 0 Å². The number of aliphatic imine (C=N–C) groups is 1. The lowest BCUT2D eigenvalue weighted by molar-refractivity contribution is 0.335. The number of hydrogen-bond donors (Lipinski definition) is 1. The van der Waals surface area contributed by atoms with Gasteiger partial charge in [0.2, 0.25) is 0 Å². The van der Waals surface area contributed by atoms with Gasteiger partial charge < -0.3 is 5.32 Å². The molecule has 3 nitrogen and oxygen atoms in total. The van der Waals surface area contributed by atoms with Crippen LogP contribution in [0.5, 0.6) is 0 Å². The van der Waals surface area contributed by atoms with E-state index in [4.69, 9.17) is 4.99 Å². The molecule has 1 saturated carbocycles. The predicted octanol–water partition coefficient (Wildman–Crippen LogP) is 3.92. The first-order valence-corrected chi connectivity index (χ1v) is 8.09. The molecule has 2 heterocycles. The van der Waals surface area contributed by atoms with Gasteiger partial charge in [-0.15, -0.1) is 0 Å². The van der Waals surface area contributed by atoms with Crippen molar-refractivity contribution < 1.29 is 0 Å². The Kier molecular flexibility index (Phi) is 3.52. The van der Waals surface area contributed by atoms with E-state index in [2.05, 4.69) is 16.4 Å². The van der Waals surface area contributed by atoms with E-state index in [1.54, 1.807) is 0 Å². The maximum absolute atomic E-state index is 4.98. The molecule has 19 heavy (non-hydrogen) atoms. The summed E-state index contributed by atoms with van der Waals surface area (Å²) in [7, 11) is 0. The van der Waals surface area contributed by atoms with Gasteiger partial charge in [-0.2, -0.15) is 0 Å². The third-order valence-corrected chi connectivity index (χ3v) is 5.22. The topological polar surface area (TPSA) is 37.3 Å². The number of hydrogen-bond acceptors (Lipinski definition) is 4. The second kappa shape index (κ2) is 5.16. The molecule has 0 atom stereocenters. The van der Waals surface area contributed by atoms with E-state index in [-0.39, 0.29) is 5.54 Å². The summed E-state index contributed by atoms with van der Waals surface area (Å²) >= 11 is 1.87. The number of thioether (sulfide) groups is 1. The van der Waals surface area contributed by atoms with Crippen LogP contribution < -0.4 is 5.32 Å². The molecule has 1 aliphatic carbocycles. The number of amidine groups is 1. The number of aromatic nitrogens is 1. The molecule has 0 aromatic carbocycles. The molecule has 2 aliphatic rings. The molecule has 1 aliphatic heterocycles. The summed E-state index contributed by atoms with van der Waals surface area (Å²) in [5.74, 6) is 1.15. The van der Waals surface area contributed by atoms with Crippen molar-refractivity contribution in [2.24, 2.45) is 4.99 Å². The summed E-state index contributed by atoms with van der Waals surface area (Å²) < 4.78 is 0. The normalized spacial score (nSPS) is 21.5. The van der Waals surface area contributed by atoms with Gasteiger partial charge in [0.15, 0.2) is 5.17 Å². The zero-order valence-electron chi connectivity index (χ0n) is 11.7. The quantitative estimate of drug-likeness (QED) is 0.844. The summed E-state index contributed by atoms with van der Waals surface area (Å²) in [5.41, 5.74) is 3.43. The van der Waals surface area contributed by atoms with E-state index in [1.807, 2.05) is 31.7 Å². The van der Waals surface area contributed by atoms with Gasteiger partial charge in [0.05, 0.1) is 16.9 Å². The number of nitrogens with zero attached hydrogens (tertiary/aromatic N) is 2. The molecule has 1 aromatic rings. The average molecular weight is 275 g/mol. The summed E-state index contributed by atoms with van der Waals surface area (Å²) in [6.07, 6.45) is 6.57. The molecule has 1 spiro atoms. The molecular weight excluding hydrogens is 254 g/mol. The van der Waals surface area contributed by atoms with Crippen LogP contribution in [0.25, 0.3) is 0 Å². The highest BCUT2D eigenvalue weighted by atomic mass is 32.2. The highest BCUT2D eigenvalue weighted by molar-refractivity contribution is 8.14. The molecular formula is C15H21N3S. The lowest BCUT2D eigenvalue weighted by Crippen LogP contribution is -2.29. The highest BCUT2D eigenvalue weighted by Gasteiger charge is 2.36. The van der Waals surface area contributed by atoms with Crippen LogP contribution in [0.1, 0.15) is 43.5 Å². The van der Waals surface area contributed by atoms with Gasteiger partial charge in [-0.3, -0.25) is 9.98 Å². The van der Waals surface area contributed by atoms with E-state index in [9.17, 15) is 0 Å². The summed E-state index contributed by atoms with van der Waals surface area (Å²) in [6, 6.07) is 4.15. The Morgan fingerprint density at radius 2 is 1.95 bits per heavy atom. The molecule has 1 aromatic heterocycles. The monoisotopic (exact) mass is 275 g/mol. The van der Waals surface area contributed by atoms with E-state index < -0.39 is 0 Å². The van der Waals surface area contributed by atoms with E-state index in [0.29, 0.717) is 0 Å². The second-order valence-electron chi connectivity index (χ2n) is 5.70. The molecule has 0 amide bonds. The molecule has 1 fully saturated rings. The number of aryl methyl sites for hydroxylation is 2. The van der Waals surface area contributed by atoms with Gasteiger partial charge in [0.1, 0.15) is 0 Å². The van der Waals surface area contributed by atoms with E-state index >= 15 is 0 Å². The fraction of sp³-hybridized carbons (Fsp3) is 0.600. The van der Waals surface area contributed by atoms with Gasteiger partial charge in [-0.25, -0.2) is 0 Å². The number of rotatable bonds is 1. The molecule has 0 saturated heterocycles. The van der Waals surface area contributed by atoms with Crippen LogP contribution in [0.4, 0.5) is 5.69 Å². The molecule has 102 valence electrons. The minimum absolute atomic E-state index is 0.233. The van der Waals surface area contributed by atoms with Gasteiger partial charge in [-0.1, -0.05) is 31.0 Å². The van der Waals surface area contributed by atoms with Crippen molar-refractivity contribution >= 4 is 22.6 Å². The Hall–Kier alpha value is -1.03. The summed E-state index contributed by atoms with van der Waals surface area (Å²) in [4.78, 5) is 9.47. The van der Waals surface area contributed by atoms with Crippen LogP contribution >= 0.6 is 11.8 Å². The first-order valence-electron chi connectivity index (χ1n) is 7.11. The number of anilines is 1. The third kappa shape index (κ3) is 2.78. The van der Waals surface area contributed by atoms with Gasteiger partial charge in [-0.05, 0) is 38.8 Å². The maximum atomic E-state index is 4.98. The summed E-state index contributed by atoms with van der Waals surface area (Å²) in [5, 5.41) is 4.54. The molecule has 0 unspecified atom stereocenters. The van der Waals surface area contributed by atoms with Gasteiger partial charge in [0.25, 0.3) is 0 Å². The number of pyridine rings is 1. The Morgan fingerprint density at radius 1 is 1.16 bits per heavy atom. The second-order valence-corrected chi connectivity index (χ2v) is 6.67. The zero-order chi connectivity index (χ0) is 13.3. The lowest BCUT2D eigenvalue weighted by Gasteiger charge is -2.29. The Morgan fingerprint density at radius 3 is 2.68 bits per heavy atom. The highest BCUT2D eigenvalue weighted by Crippen LogP contribution is 2.39. The molecule has 1 N–H and O–H groups in total. The summed E-state index contributed by atoms with van der Waals surface area (Å²) in [6.45, 7) is 4.07. The largest absolute Gasteiger partial charge is 0.333 e. The van der Waals surface area contributed by atoms with Crippen LogP contribution in [0.2, 0.25) is 0 Å². The van der Waals surface area contributed by atoms with Crippen LogP contribution in [0.3, 0.4) is 0 Å². The molecule has 3 rings (SSSR count). The minimum atomic E-state index is 0.233. The molecule has 0 radical (unpaired) electrons. The first-order chi connectivity index (χ1) is 9.17. The van der Waals surface area contributed by atoms with Crippen molar-refractivity contribution in [3.8, 4) is 0 Å². The lowest BCUT2D eigenvalue weighted by atomic mass is 9.84. The van der Waals surface area contributed by atoms with Crippen LogP contribution in [-0.4, -0.2) is 21.4 Å². The Bertz CT molecular complexity index is 504. The van der Waals surface area contributed by atoms with Crippen molar-refractivity contribution in [3.63, 3.8) is 0 Å².